The van der Waals surface area contributed by atoms with Gasteiger partial charge in [-0.05, 0) is 47.0 Å². The third-order valence-electron chi connectivity index (χ3n) is 8.38. The summed E-state index contributed by atoms with van der Waals surface area (Å²) in [6.45, 7) is 0. The first kappa shape index (κ1) is 30.2. The van der Waals surface area contributed by atoms with Gasteiger partial charge >= 0.3 is 0 Å². The standard InChI is InChI=1S/C41H40N3P/c1-43(2)34-28-24-32(25-29-34)41(33-26-30-35(31-27-33)44(3)4)39-22-14-15-23-40(39)42-45(36-16-8-5-9-17-36,37-18-10-6-11-19-37)38-20-12-7-13-21-38/h5-31,41H,1-4H3. The third kappa shape index (κ3) is 6.23. The van der Waals surface area contributed by atoms with Crippen LogP contribution in [0.4, 0.5) is 17.1 Å². The van der Waals surface area contributed by atoms with Crippen LogP contribution in [0.15, 0.2) is 169 Å². The van der Waals surface area contributed by atoms with E-state index in [0.717, 1.165) is 5.69 Å². The number of anilines is 2. The van der Waals surface area contributed by atoms with Gasteiger partial charge in [-0.2, -0.15) is 0 Å². The van der Waals surface area contributed by atoms with Crippen LogP contribution in [0.2, 0.25) is 0 Å². The second-order valence-corrected chi connectivity index (χ2v) is 14.7. The van der Waals surface area contributed by atoms with Crippen molar-refractivity contribution in [2.75, 3.05) is 38.0 Å². The first-order valence-electron chi connectivity index (χ1n) is 15.4. The van der Waals surface area contributed by atoms with Crippen LogP contribution in [0.1, 0.15) is 22.6 Å². The molecule has 6 aromatic rings. The van der Waals surface area contributed by atoms with E-state index in [0.29, 0.717) is 0 Å². The number of rotatable bonds is 9. The van der Waals surface area contributed by atoms with Crippen molar-refractivity contribution in [1.82, 2.24) is 0 Å². The predicted molar refractivity (Wildman–Crippen MR) is 196 cm³/mol. The zero-order chi connectivity index (χ0) is 31.2. The maximum absolute atomic E-state index is 5.96. The average Bonchev–Trinajstić information content (AvgIpc) is 3.09. The van der Waals surface area contributed by atoms with Crippen molar-refractivity contribution in [3.05, 3.63) is 180 Å². The van der Waals surface area contributed by atoms with Gasteiger partial charge in [-0.1, -0.05) is 133 Å². The van der Waals surface area contributed by atoms with Gasteiger partial charge in [0.1, 0.15) is 0 Å². The highest BCUT2D eigenvalue weighted by Crippen LogP contribution is 2.51. The molecule has 0 fully saturated rings. The first-order chi connectivity index (χ1) is 22.0. The van der Waals surface area contributed by atoms with Crippen molar-refractivity contribution in [3.63, 3.8) is 0 Å². The second-order valence-electron chi connectivity index (χ2n) is 11.7. The fourth-order valence-corrected chi connectivity index (χ4v) is 9.57. The van der Waals surface area contributed by atoms with E-state index in [1.54, 1.807) is 0 Å². The minimum atomic E-state index is -2.46. The molecule has 0 atom stereocenters. The molecule has 0 bridgehead atoms. The van der Waals surface area contributed by atoms with E-state index in [1.807, 2.05) is 0 Å². The highest BCUT2D eigenvalue weighted by Gasteiger charge is 2.29. The van der Waals surface area contributed by atoms with Gasteiger partial charge in [0.25, 0.3) is 0 Å². The molecule has 0 aromatic heterocycles. The fourth-order valence-electron chi connectivity index (χ4n) is 6.02. The van der Waals surface area contributed by atoms with Gasteiger partial charge in [0.2, 0.25) is 0 Å². The highest BCUT2D eigenvalue weighted by molar-refractivity contribution is 7.87. The van der Waals surface area contributed by atoms with E-state index >= 15 is 0 Å². The Morgan fingerprint density at radius 2 is 0.778 bits per heavy atom. The van der Waals surface area contributed by atoms with Gasteiger partial charge in [-0.3, -0.25) is 4.74 Å². The molecular weight excluding hydrogens is 565 g/mol. The summed E-state index contributed by atoms with van der Waals surface area (Å²) >= 11 is 0. The molecule has 0 radical (unpaired) electrons. The highest BCUT2D eigenvalue weighted by atomic mass is 31.2. The van der Waals surface area contributed by atoms with E-state index in [-0.39, 0.29) is 5.92 Å². The largest absolute Gasteiger partial charge is 0.378 e. The maximum atomic E-state index is 5.96. The molecule has 0 N–H and O–H groups in total. The summed E-state index contributed by atoms with van der Waals surface area (Å²) in [6, 6.07) is 59.2. The predicted octanol–water partition coefficient (Wildman–Crippen LogP) is 8.81. The van der Waals surface area contributed by atoms with Gasteiger partial charge in [0.15, 0.2) is 0 Å². The molecule has 0 amide bonds. The lowest BCUT2D eigenvalue weighted by Gasteiger charge is -2.28. The molecule has 0 saturated heterocycles. The monoisotopic (exact) mass is 605 g/mol. The molecule has 6 rings (SSSR count). The lowest BCUT2D eigenvalue weighted by Crippen LogP contribution is -2.25. The van der Waals surface area contributed by atoms with Crippen LogP contribution < -0.4 is 25.7 Å². The Labute approximate surface area is 268 Å². The number of nitrogens with zero attached hydrogens (tertiary/aromatic N) is 3. The van der Waals surface area contributed by atoms with Crippen LogP contribution in [0.25, 0.3) is 0 Å². The summed E-state index contributed by atoms with van der Waals surface area (Å²) in [7, 11) is 5.88. The summed E-state index contributed by atoms with van der Waals surface area (Å²) in [4.78, 5) is 4.29. The smallest absolute Gasteiger partial charge is 0.0666 e. The van der Waals surface area contributed by atoms with E-state index < -0.39 is 7.05 Å². The number of hydrogen-bond acceptors (Lipinski definition) is 3. The minimum absolute atomic E-state index is 0.00148. The van der Waals surface area contributed by atoms with E-state index in [2.05, 4.69) is 202 Å². The quantitative estimate of drug-likeness (QED) is 0.121. The topological polar surface area (TPSA) is 18.8 Å². The molecule has 6 aromatic carbocycles. The van der Waals surface area contributed by atoms with Crippen LogP contribution >= 0.6 is 7.05 Å². The van der Waals surface area contributed by atoms with Gasteiger partial charge in [-0.15, -0.1) is 0 Å². The summed E-state index contributed by atoms with van der Waals surface area (Å²) < 4.78 is 5.96. The fraction of sp³-hybridized carbons (Fsp3) is 0.122. The van der Waals surface area contributed by atoms with Crippen molar-refractivity contribution in [1.29, 1.82) is 0 Å². The van der Waals surface area contributed by atoms with Crippen molar-refractivity contribution in [2.45, 2.75) is 5.92 Å². The first-order valence-corrected chi connectivity index (χ1v) is 17.1. The molecule has 3 nitrogen and oxygen atoms in total. The van der Waals surface area contributed by atoms with Gasteiger partial charge in [-0.25, -0.2) is 0 Å². The molecule has 224 valence electrons. The van der Waals surface area contributed by atoms with Gasteiger partial charge in [0, 0.05) is 61.4 Å². The van der Waals surface area contributed by atoms with E-state index in [1.165, 1.54) is 44.0 Å². The Kier molecular flexibility index (Phi) is 9.01. The third-order valence-corrected chi connectivity index (χ3v) is 12.0. The maximum Gasteiger partial charge on any atom is 0.0666 e. The summed E-state index contributed by atoms with van der Waals surface area (Å²) in [5.74, 6) is 0.00148. The van der Waals surface area contributed by atoms with Crippen LogP contribution in [0, 0.1) is 0 Å². The molecule has 0 unspecified atom stereocenters. The Balaban J connectivity index is 1.66. The molecule has 0 aliphatic heterocycles. The Morgan fingerprint density at radius 3 is 1.16 bits per heavy atom. The average molecular weight is 606 g/mol. The Morgan fingerprint density at radius 1 is 0.422 bits per heavy atom. The molecule has 0 spiro atoms. The van der Waals surface area contributed by atoms with Crippen molar-refractivity contribution < 1.29 is 0 Å². The normalized spacial score (nSPS) is 11.3. The molecule has 0 aliphatic rings. The minimum Gasteiger partial charge on any atom is -0.378 e. The van der Waals surface area contributed by atoms with Crippen LogP contribution in [0.3, 0.4) is 0 Å². The van der Waals surface area contributed by atoms with Crippen LogP contribution in [-0.2, 0) is 0 Å². The molecule has 0 heterocycles. The van der Waals surface area contributed by atoms with Crippen LogP contribution in [0.5, 0.6) is 0 Å². The zero-order valence-electron chi connectivity index (χ0n) is 26.5. The Hall–Kier alpha value is -4.85. The Bertz CT molecular complexity index is 1730. The van der Waals surface area contributed by atoms with Gasteiger partial charge in [0.05, 0.1) is 12.7 Å². The summed E-state index contributed by atoms with van der Waals surface area (Å²) in [5.41, 5.74) is 7.05. The van der Waals surface area contributed by atoms with E-state index in [9.17, 15) is 0 Å². The number of hydrogen-bond donors (Lipinski definition) is 0. The molecule has 0 aliphatic carbocycles. The molecule has 0 saturated carbocycles. The van der Waals surface area contributed by atoms with Crippen molar-refractivity contribution >= 4 is 40.0 Å². The summed E-state index contributed by atoms with van der Waals surface area (Å²) in [6.07, 6.45) is 0. The number of benzene rings is 6. The molecule has 4 heteroatoms. The van der Waals surface area contributed by atoms with E-state index in [4.69, 9.17) is 4.74 Å². The van der Waals surface area contributed by atoms with Crippen LogP contribution in [-0.4, -0.2) is 28.2 Å². The second kappa shape index (κ2) is 13.4. The van der Waals surface area contributed by atoms with Crippen molar-refractivity contribution in [2.24, 2.45) is 4.74 Å². The van der Waals surface area contributed by atoms with Crippen molar-refractivity contribution in [3.8, 4) is 0 Å². The molecule has 45 heavy (non-hydrogen) atoms. The zero-order valence-corrected chi connectivity index (χ0v) is 27.3. The SMILES string of the molecule is CN(C)c1ccc(C(c2ccc(N(C)C)cc2)c2ccccc2N=P(c2ccccc2)(c2ccccc2)c2ccccc2)cc1. The van der Waals surface area contributed by atoms with Gasteiger partial charge < -0.3 is 9.80 Å². The summed E-state index contributed by atoms with van der Waals surface area (Å²) in [5, 5.41) is 3.71. The molecular formula is C41H40N3P. The lowest BCUT2D eigenvalue weighted by molar-refractivity contribution is 0.973. The lowest BCUT2D eigenvalue weighted by atomic mass is 9.84.